The highest BCUT2D eigenvalue weighted by Crippen LogP contribution is 2.26. The van der Waals surface area contributed by atoms with Crippen molar-refractivity contribution >= 4 is 16.9 Å². The van der Waals surface area contributed by atoms with Crippen LogP contribution in [0.3, 0.4) is 0 Å². The molecule has 0 radical (unpaired) electrons. The number of carbonyl (C=O) groups excluding carboxylic acids is 1. The largest absolute Gasteiger partial charge is 0.493 e. The summed E-state index contributed by atoms with van der Waals surface area (Å²) in [4.78, 5) is 16.6. The number of para-hydroxylation sites is 3. The number of imidazole rings is 1. The zero-order chi connectivity index (χ0) is 21.3. The lowest BCUT2D eigenvalue weighted by Gasteiger charge is -2.14. The van der Waals surface area contributed by atoms with E-state index in [0.717, 1.165) is 48.4 Å². The van der Waals surface area contributed by atoms with Crippen LogP contribution in [0.25, 0.3) is 11.0 Å². The maximum absolute atomic E-state index is 11.9. The number of ether oxygens (including phenoxy) is 1. The van der Waals surface area contributed by atoms with E-state index in [1.807, 2.05) is 31.2 Å². The van der Waals surface area contributed by atoms with Gasteiger partial charge in [-0.3, -0.25) is 4.79 Å². The number of amides is 1. The van der Waals surface area contributed by atoms with Crippen LogP contribution in [-0.2, 0) is 17.9 Å². The van der Waals surface area contributed by atoms with Gasteiger partial charge in [0.2, 0.25) is 5.91 Å². The summed E-state index contributed by atoms with van der Waals surface area (Å²) in [6.07, 6.45) is 3.35. The molecule has 0 aliphatic carbocycles. The predicted molar refractivity (Wildman–Crippen MR) is 122 cm³/mol. The van der Waals surface area contributed by atoms with Gasteiger partial charge < -0.3 is 14.6 Å². The summed E-state index contributed by atoms with van der Waals surface area (Å²) >= 11 is 0. The molecule has 0 aliphatic heterocycles. The summed E-state index contributed by atoms with van der Waals surface area (Å²) < 4.78 is 8.29. The molecule has 0 spiro atoms. The monoisotopic (exact) mass is 407 g/mol. The van der Waals surface area contributed by atoms with Gasteiger partial charge in [-0.1, -0.05) is 51.1 Å². The number of benzene rings is 2. The quantitative estimate of drug-likeness (QED) is 0.431. The fourth-order valence-corrected chi connectivity index (χ4v) is 3.65. The lowest BCUT2D eigenvalue weighted by atomic mass is 10.0. The molecule has 30 heavy (non-hydrogen) atoms. The van der Waals surface area contributed by atoms with Crippen molar-refractivity contribution in [2.45, 2.75) is 65.5 Å². The van der Waals surface area contributed by atoms with Gasteiger partial charge in [0.25, 0.3) is 0 Å². The highest BCUT2D eigenvalue weighted by Gasteiger charge is 2.11. The minimum Gasteiger partial charge on any atom is -0.493 e. The smallest absolute Gasteiger partial charge is 0.220 e. The van der Waals surface area contributed by atoms with Crippen molar-refractivity contribution in [2.75, 3.05) is 6.61 Å². The number of nitrogens with zero attached hydrogens (tertiary/aromatic N) is 2. The first kappa shape index (κ1) is 21.9. The van der Waals surface area contributed by atoms with Crippen LogP contribution in [0.1, 0.15) is 63.8 Å². The van der Waals surface area contributed by atoms with Crippen LogP contribution in [0, 0.1) is 0 Å². The number of hydrogen-bond donors (Lipinski definition) is 1. The predicted octanol–water partition coefficient (Wildman–Crippen LogP) is 5.44. The molecule has 2 aromatic carbocycles. The second-order valence-corrected chi connectivity index (χ2v) is 7.94. The van der Waals surface area contributed by atoms with Crippen molar-refractivity contribution in [3.05, 3.63) is 59.9 Å². The molecule has 0 saturated carbocycles. The SMILES string of the molecule is CCCC(=O)NCc1nc2ccccc2n1CCCCOc1ccccc1C(C)C. The summed E-state index contributed by atoms with van der Waals surface area (Å²) in [5, 5.41) is 2.99. The average Bonchev–Trinajstić information content (AvgIpc) is 3.10. The first-order chi connectivity index (χ1) is 14.6. The molecular weight excluding hydrogens is 374 g/mol. The van der Waals surface area contributed by atoms with Gasteiger partial charge in [-0.15, -0.1) is 0 Å². The van der Waals surface area contributed by atoms with E-state index in [-0.39, 0.29) is 5.91 Å². The Hall–Kier alpha value is -2.82. The summed E-state index contributed by atoms with van der Waals surface area (Å²) in [6, 6.07) is 16.4. The van der Waals surface area contributed by atoms with Crippen molar-refractivity contribution in [3.8, 4) is 5.75 Å². The summed E-state index contributed by atoms with van der Waals surface area (Å²) in [6.45, 7) is 8.40. The van der Waals surface area contributed by atoms with Crippen LogP contribution < -0.4 is 10.1 Å². The molecule has 0 bridgehead atoms. The van der Waals surface area contributed by atoms with E-state index in [0.29, 0.717) is 25.5 Å². The third kappa shape index (κ3) is 5.62. The molecule has 0 fully saturated rings. The van der Waals surface area contributed by atoms with Crippen molar-refractivity contribution in [2.24, 2.45) is 0 Å². The normalized spacial score (nSPS) is 11.2. The zero-order valence-electron chi connectivity index (χ0n) is 18.4. The van der Waals surface area contributed by atoms with E-state index < -0.39 is 0 Å². The topological polar surface area (TPSA) is 56.2 Å². The van der Waals surface area contributed by atoms with Crippen LogP contribution in [0.4, 0.5) is 0 Å². The Kier molecular flexibility index (Phi) is 7.89. The Labute approximate surface area is 179 Å². The molecule has 5 nitrogen and oxygen atoms in total. The summed E-state index contributed by atoms with van der Waals surface area (Å²) in [5.74, 6) is 2.42. The maximum atomic E-state index is 11.9. The highest BCUT2D eigenvalue weighted by molar-refractivity contribution is 5.77. The molecule has 5 heteroatoms. The molecule has 0 unspecified atom stereocenters. The Morgan fingerprint density at radius 2 is 1.87 bits per heavy atom. The molecule has 1 N–H and O–H groups in total. The number of hydrogen-bond acceptors (Lipinski definition) is 3. The fraction of sp³-hybridized carbons (Fsp3) is 0.440. The Morgan fingerprint density at radius 3 is 2.67 bits per heavy atom. The fourth-order valence-electron chi connectivity index (χ4n) is 3.65. The van der Waals surface area contributed by atoms with Crippen LogP contribution in [0.2, 0.25) is 0 Å². The van der Waals surface area contributed by atoms with Crippen molar-refractivity contribution in [1.29, 1.82) is 0 Å². The molecule has 1 aromatic heterocycles. The van der Waals surface area contributed by atoms with Gasteiger partial charge in [-0.25, -0.2) is 4.98 Å². The zero-order valence-corrected chi connectivity index (χ0v) is 18.4. The number of rotatable bonds is 11. The minimum atomic E-state index is 0.0772. The summed E-state index contributed by atoms with van der Waals surface area (Å²) in [5.41, 5.74) is 3.34. The molecule has 0 aliphatic rings. The number of aromatic nitrogens is 2. The van der Waals surface area contributed by atoms with E-state index in [9.17, 15) is 4.79 Å². The molecule has 0 atom stereocenters. The molecule has 1 amide bonds. The molecule has 3 rings (SSSR count). The molecule has 0 saturated heterocycles. The average molecular weight is 408 g/mol. The third-order valence-electron chi connectivity index (χ3n) is 5.23. The van der Waals surface area contributed by atoms with Crippen LogP contribution in [0.5, 0.6) is 5.75 Å². The number of aryl methyl sites for hydroxylation is 1. The van der Waals surface area contributed by atoms with Gasteiger partial charge in [-0.2, -0.15) is 0 Å². The Bertz CT molecular complexity index is 962. The maximum Gasteiger partial charge on any atom is 0.220 e. The van der Waals surface area contributed by atoms with Crippen molar-refractivity contribution < 1.29 is 9.53 Å². The molecule has 160 valence electrons. The first-order valence-electron chi connectivity index (χ1n) is 11.0. The second-order valence-electron chi connectivity index (χ2n) is 7.94. The van der Waals surface area contributed by atoms with Crippen molar-refractivity contribution in [3.63, 3.8) is 0 Å². The van der Waals surface area contributed by atoms with Gasteiger partial charge in [0.05, 0.1) is 24.2 Å². The van der Waals surface area contributed by atoms with E-state index in [1.165, 1.54) is 5.56 Å². The van der Waals surface area contributed by atoms with E-state index in [1.54, 1.807) is 0 Å². The molecule has 1 heterocycles. The van der Waals surface area contributed by atoms with E-state index in [4.69, 9.17) is 9.72 Å². The Balaban J connectivity index is 1.59. The summed E-state index contributed by atoms with van der Waals surface area (Å²) in [7, 11) is 0. The van der Waals surface area contributed by atoms with E-state index in [2.05, 4.69) is 48.0 Å². The van der Waals surface area contributed by atoms with Crippen LogP contribution in [-0.4, -0.2) is 22.1 Å². The first-order valence-corrected chi connectivity index (χ1v) is 11.0. The lowest BCUT2D eigenvalue weighted by Crippen LogP contribution is -2.24. The number of fused-ring (bicyclic) bond motifs is 1. The molecular formula is C25H33N3O2. The number of carbonyl (C=O) groups is 1. The Morgan fingerprint density at radius 1 is 1.10 bits per heavy atom. The number of nitrogens with one attached hydrogen (secondary N) is 1. The second kappa shape index (κ2) is 10.8. The molecule has 3 aromatic rings. The van der Waals surface area contributed by atoms with Crippen LogP contribution in [0.15, 0.2) is 48.5 Å². The highest BCUT2D eigenvalue weighted by atomic mass is 16.5. The minimum absolute atomic E-state index is 0.0772. The number of unbranched alkanes of at least 4 members (excludes halogenated alkanes) is 1. The van der Waals surface area contributed by atoms with Gasteiger partial charge in [0.15, 0.2) is 0 Å². The van der Waals surface area contributed by atoms with Gasteiger partial charge in [0, 0.05) is 13.0 Å². The lowest BCUT2D eigenvalue weighted by molar-refractivity contribution is -0.121. The van der Waals surface area contributed by atoms with Gasteiger partial charge >= 0.3 is 0 Å². The standard InChI is InChI=1S/C25H33N3O2/c1-4-11-25(29)26-18-24-27-21-13-6-7-14-22(21)28(24)16-9-10-17-30-23-15-8-5-12-20(23)19(2)3/h5-8,12-15,19H,4,9-11,16-18H2,1-3H3,(H,26,29). The van der Waals surface area contributed by atoms with Gasteiger partial charge in [-0.05, 0) is 48.9 Å². The van der Waals surface area contributed by atoms with Crippen LogP contribution >= 0.6 is 0 Å². The third-order valence-corrected chi connectivity index (χ3v) is 5.23. The van der Waals surface area contributed by atoms with Crippen molar-refractivity contribution in [1.82, 2.24) is 14.9 Å². The van der Waals surface area contributed by atoms with E-state index >= 15 is 0 Å². The van der Waals surface area contributed by atoms with Gasteiger partial charge in [0.1, 0.15) is 11.6 Å².